The molecule has 0 spiro atoms. The average Bonchev–Trinajstić information content (AvgIpc) is 2.85. The van der Waals surface area contributed by atoms with Crippen molar-refractivity contribution in [1.29, 1.82) is 0 Å². The fraction of sp³-hybridized carbons (Fsp3) is 0.438. The summed E-state index contributed by atoms with van der Waals surface area (Å²) in [6.07, 6.45) is 1.85. The van der Waals surface area contributed by atoms with Crippen LogP contribution >= 0.6 is 0 Å². The fourth-order valence-corrected chi connectivity index (χ4v) is 2.88. The van der Waals surface area contributed by atoms with Gasteiger partial charge in [0.25, 0.3) is 0 Å². The number of benzene rings is 1. The summed E-state index contributed by atoms with van der Waals surface area (Å²) in [6.45, 7) is 2.70. The highest BCUT2D eigenvalue weighted by Crippen LogP contribution is 2.18. The number of nitrogens with one attached hydrogen (secondary N) is 1. The molecule has 0 bridgehead atoms. The first-order valence-electron chi connectivity index (χ1n) is 7.64. The second-order valence-electron chi connectivity index (χ2n) is 5.81. The molecule has 0 saturated carbocycles. The Morgan fingerprint density at radius 3 is 2.83 bits per heavy atom. The summed E-state index contributed by atoms with van der Waals surface area (Å²) < 4.78 is 28.0. The maximum Gasteiger partial charge on any atom is 0.225 e. The van der Waals surface area contributed by atoms with E-state index in [0.717, 1.165) is 24.7 Å². The molecule has 1 aliphatic rings. The Bertz CT molecular complexity index is 709. The van der Waals surface area contributed by atoms with Crippen LogP contribution in [0.3, 0.4) is 0 Å². The minimum atomic E-state index is -0.604. The van der Waals surface area contributed by atoms with Crippen molar-refractivity contribution in [3.8, 4) is 0 Å². The molecule has 1 aromatic heterocycles. The highest BCUT2D eigenvalue weighted by molar-refractivity contribution is 5.78. The van der Waals surface area contributed by atoms with Crippen LogP contribution in [0.5, 0.6) is 0 Å². The molecule has 0 radical (unpaired) electrons. The van der Waals surface area contributed by atoms with Crippen LogP contribution in [0, 0.1) is 24.5 Å². The van der Waals surface area contributed by atoms with Gasteiger partial charge < -0.3 is 5.32 Å². The van der Waals surface area contributed by atoms with Crippen LogP contribution < -0.4 is 5.32 Å². The van der Waals surface area contributed by atoms with E-state index >= 15 is 0 Å². The monoisotopic (exact) mass is 320 g/mol. The number of aromatic nitrogens is 3. The summed E-state index contributed by atoms with van der Waals surface area (Å²) in [5, 5.41) is 7.11. The summed E-state index contributed by atoms with van der Waals surface area (Å²) in [5.74, 6) is 0.227. The molecule has 2 heterocycles. The van der Waals surface area contributed by atoms with Crippen LogP contribution in [0.2, 0.25) is 0 Å². The summed E-state index contributed by atoms with van der Waals surface area (Å²) in [6, 6.07) is 3.39. The van der Waals surface area contributed by atoms with Crippen LogP contribution in [-0.4, -0.2) is 27.2 Å². The number of carbonyl (C=O) groups excluding carboxylic acids is 1. The third-order valence-corrected chi connectivity index (χ3v) is 3.97. The van der Waals surface area contributed by atoms with Gasteiger partial charge in [-0.25, -0.2) is 18.4 Å². The van der Waals surface area contributed by atoms with Crippen molar-refractivity contribution in [3.63, 3.8) is 0 Å². The number of rotatable bonds is 4. The van der Waals surface area contributed by atoms with Gasteiger partial charge in [0.2, 0.25) is 5.91 Å². The Morgan fingerprint density at radius 2 is 2.09 bits per heavy atom. The minimum Gasteiger partial charge on any atom is -0.355 e. The third kappa shape index (κ3) is 3.72. The summed E-state index contributed by atoms with van der Waals surface area (Å²) in [5.41, 5.74) is 0.528. The Hall–Kier alpha value is -2.31. The molecule has 5 nitrogen and oxygen atoms in total. The zero-order chi connectivity index (χ0) is 16.4. The largest absolute Gasteiger partial charge is 0.355 e. The van der Waals surface area contributed by atoms with Crippen molar-refractivity contribution in [3.05, 3.63) is 47.0 Å². The predicted octanol–water partition coefficient (Wildman–Crippen LogP) is 1.79. The molecule has 3 rings (SSSR count). The third-order valence-electron chi connectivity index (χ3n) is 3.97. The van der Waals surface area contributed by atoms with Crippen molar-refractivity contribution in [2.45, 2.75) is 32.7 Å². The number of halogens is 2. The molecule has 1 aliphatic heterocycles. The fourth-order valence-electron chi connectivity index (χ4n) is 2.88. The van der Waals surface area contributed by atoms with Gasteiger partial charge in [-0.05, 0) is 37.5 Å². The first-order valence-corrected chi connectivity index (χ1v) is 7.64. The van der Waals surface area contributed by atoms with Gasteiger partial charge >= 0.3 is 0 Å². The lowest BCUT2D eigenvalue weighted by Crippen LogP contribution is -2.37. The van der Waals surface area contributed by atoms with E-state index in [0.29, 0.717) is 30.9 Å². The van der Waals surface area contributed by atoms with E-state index < -0.39 is 11.6 Å². The lowest BCUT2D eigenvalue weighted by Gasteiger charge is -2.21. The number of nitrogens with zero attached hydrogens (tertiary/aromatic N) is 3. The van der Waals surface area contributed by atoms with Gasteiger partial charge in [-0.15, -0.1) is 0 Å². The van der Waals surface area contributed by atoms with Gasteiger partial charge in [0.15, 0.2) is 0 Å². The van der Waals surface area contributed by atoms with E-state index in [2.05, 4.69) is 15.4 Å². The van der Waals surface area contributed by atoms with Crippen molar-refractivity contribution in [2.24, 2.45) is 5.92 Å². The smallest absolute Gasteiger partial charge is 0.225 e. The van der Waals surface area contributed by atoms with Gasteiger partial charge in [-0.2, -0.15) is 5.10 Å². The molecule has 0 aliphatic carbocycles. The van der Waals surface area contributed by atoms with E-state index in [9.17, 15) is 13.6 Å². The Morgan fingerprint density at radius 1 is 1.35 bits per heavy atom. The van der Waals surface area contributed by atoms with Gasteiger partial charge in [-0.3, -0.25) is 4.79 Å². The Kier molecular flexibility index (Phi) is 4.36. The molecular formula is C16H18F2N4O. The molecule has 122 valence electrons. The second kappa shape index (κ2) is 6.44. The number of hydrogen-bond donors (Lipinski definition) is 1. The molecular weight excluding hydrogens is 302 g/mol. The molecule has 1 N–H and O–H groups in total. The SMILES string of the molecule is Cc1nc2n(n1)CC(C(=O)NCCc1cc(F)cc(F)c1)CC2. The zero-order valence-corrected chi connectivity index (χ0v) is 12.9. The van der Waals surface area contributed by atoms with E-state index in [4.69, 9.17) is 0 Å². The quantitative estimate of drug-likeness (QED) is 0.934. The highest BCUT2D eigenvalue weighted by atomic mass is 19.1. The second-order valence-corrected chi connectivity index (χ2v) is 5.81. The van der Waals surface area contributed by atoms with Crippen molar-refractivity contribution in [1.82, 2.24) is 20.1 Å². The van der Waals surface area contributed by atoms with Crippen LogP contribution in [0.25, 0.3) is 0 Å². The van der Waals surface area contributed by atoms with E-state index in [-0.39, 0.29) is 11.8 Å². The minimum absolute atomic E-state index is 0.0549. The van der Waals surface area contributed by atoms with Crippen molar-refractivity contribution >= 4 is 5.91 Å². The molecule has 0 fully saturated rings. The molecule has 7 heteroatoms. The summed E-state index contributed by atoms with van der Waals surface area (Å²) >= 11 is 0. The van der Waals surface area contributed by atoms with E-state index in [1.807, 2.05) is 6.92 Å². The number of fused-ring (bicyclic) bond motifs is 1. The molecule has 1 atom stereocenters. The first kappa shape index (κ1) is 15.6. The van der Waals surface area contributed by atoms with Crippen LogP contribution in [0.1, 0.15) is 23.6 Å². The molecule has 23 heavy (non-hydrogen) atoms. The van der Waals surface area contributed by atoms with Crippen molar-refractivity contribution in [2.75, 3.05) is 6.54 Å². The van der Waals surface area contributed by atoms with Gasteiger partial charge in [-0.1, -0.05) is 0 Å². The first-order chi connectivity index (χ1) is 11.0. The lowest BCUT2D eigenvalue weighted by molar-refractivity contribution is -0.126. The van der Waals surface area contributed by atoms with Gasteiger partial charge in [0, 0.05) is 19.0 Å². The van der Waals surface area contributed by atoms with Crippen LogP contribution in [0.4, 0.5) is 8.78 Å². The van der Waals surface area contributed by atoms with Gasteiger partial charge in [0.05, 0.1) is 12.5 Å². The predicted molar refractivity (Wildman–Crippen MR) is 79.6 cm³/mol. The molecule has 0 saturated heterocycles. The van der Waals surface area contributed by atoms with E-state index in [1.54, 1.807) is 4.68 Å². The maximum atomic E-state index is 13.1. The maximum absolute atomic E-state index is 13.1. The topological polar surface area (TPSA) is 59.8 Å². The van der Waals surface area contributed by atoms with Crippen LogP contribution in [0.15, 0.2) is 18.2 Å². The normalized spacial score (nSPS) is 16.9. The number of carbonyl (C=O) groups is 1. The standard InChI is InChI=1S/C16H18F2N4O/c1-10-20-15-3-2-12(9-22(15)21-10)16(23)19-5-4-11-6-13(17)8-14(18)7-11/h6-8,12H,2-5,9H2,1H3,(H,19,23). The lowest BCUT2D eigenvalue weighted by atomic mass is 9.99. The molecule has 1 amide bonds. The zero-order valence-electron chi connectivity index (χ0n) is 12.9. The molecule has 1 aromatic carbocycles. The molecule has 1 unspecified atom stereocenters. The van der Waals surface area contributed by atoms with Crippen LogP contribution in [-0.2, 0) is 24.2 Å². The Labute approximate surface area is 132 Å². The van der Waals surface area contributed by atoms with Gasteiger partial charge in [0.1, 0.15) is 23.3 Å². The summed E-state index contributed by atoms with van der Waals surface area (Å²) in [4.78, 5) is 16.5. The molecule has 2 aromatic rings. The summed E-state index contributed by atoms with van der Waals surface area (Å²) in [7, 11) is 0. The average molecular weight is 320 g/mol. The highest BCUT2D eigenvalue weighted by Gasteiger charge is 2.26. The number of aryl methyl sites for hydroxylation is 2. The number of hydrogen-bond acceptors (Lipinski definition) is 3. The Balaban J connectivity index is 1.52. The van der Waals surface area contributed by atoms with E-state index in [1.165, 1.54) is 12.1 Å². The van der Waals surface area contributed by atoms with Crippen molar-refractivity contribution < 1.29 is 13.6 Å². The number of amides is 1.